The lowest BCUT2D eigenvalue weighted by molar-refractivity contribution is -0.114. The van der Waals surface area contributed by atoms with Crippen LogP contribution in [0, 0.1) is 0 Å². The predicted octanol–water partition coefficient (Wildman–Crippen LogP) is 1.21. The minimum Gasteiger partial charge on any atom is -0.391 e. The molecule has 1 rings (SSSR count). The van der Waals surface area contributed by atoms with Crippen LogP contribution in [0.25, 0.3) is 0 Å². The minimum atomic E-state index is -0.520. The molecule has 0 saturated heterocycles. The molecule has 0 aliphatic heterocycles. The van der Waals surface area contributed by atoms with Crippen LogP contribution in [0.2, 0.25) is 0 Å². The fraction of sp³-hybridized carbons (Fsp3) is 0.455. The van der Waals surface area contributed by atoms with E-state index < -0.39 is 6.10 Å². The highest BCUT2D eigenvalue weighted by atomic mass is 32.1. The lowest BCUT2D eigenvalue weighted by Crippen LogP contribution is -2.31. The van der Waals surface area contributed by atoms with Gasteiger partial charge >= 0.3 is 0 Å². The fourth-order valence-corrected chi connectivity index (χ4v) is 2.01. The zero-order valence-corrected chi connectivity index (χ0v) is 10.6. The number of aliphatic hydroxyl groups excluding tert-OH is 1. The lowest BCUT2D eigenvalue weighted by Gasteiger charge is -2.08. The molecule has 0 fully saturated rings. The van der Waals surface area contributed by atoms with Gasteiger partial charge in [0.2, 0.25) is 5.91 Å². The van der Waals surface area contributed by atoms with Crippen LogP contribution in [0.5, 0.6) is 0 Å². The van der Waals surface area contributed by atoms with Crippen molar-refractivity contribution in [1.82, 2.24) is 5.32 Å². The van der Waals surface area contributed by atoms with Gasteiger partial charge < -0.3 is 15.7 Å². The summed E-state index contributed by atoms with van der Waals surface area (Å²) >= 11 is 1.20. The average molecular weight is 256 g/mol. The van der Waals surface area contributed by atoms with Crippen LogP contribution in [0.3, 0.4) is 0 Å². The van der Waals surface area contributed by atoms with Gasteiger partial charge in [0, 0.05) is 13.5 Å². The van der Waals surface area contributed by atoms with E-state index in [0.717, 1.165) is 0 Å². The first-order valence-electron chi connectivity index (χ1n) is 5.36. The summed E-state index contributed by atoms with van der Waals surface area (Å²) in [5.41, 5.74) is 0. The third-order valence-electron chi connectivity index (χ3n) is 2.10. The molecule has 1 unspecified atom stereocenters. The summed E-state index contributed by atoms with van der Waals surface area (Å²) < 4.78 is 0. The molecule has 5 nitrogen and oxygen atoms in total. The number of aliphatic hydroxyl groups is 1. The van der Waals surface area contributed by atoms with Gasteiger partial charge in [-0.3, -0.25) is 9.59 Å². The summed E-state index contributed by atoms with van der Waals surface area (Å²) in [4.78, 5) is 23.0. The summed E-state index contributed by atoms with van der Waals surface area (Å²) in [5, 5.41) is 15.2. The van der Waals surface area contributed by atoms with Gasteiger partial charge in [0.25, 0.3) is 5.91 Å². The monoisotopic (exact) mass is 256 g/mol. The Labute approximate surface area is 104 Å². The second kappa shape index (κ2) is 6.36. The molecule has 1 aromatic rings. The normalized spacial score (nSPS) is 11.9. The van der Waals surface area contributed by atoms with E-state index >= 15 is 0 Å². The number of hydrogen-bond acceptors (Lipinski definition) is 4. The Balaban J connectivity index is 2.52. The molecule has 0 aromatic carbocycles. The van der Waals surface area contributed by atoms with Gasteiger partial charge in [-0.2, -0.15) is 0 Å². The van der Waals surface area contributed by atoms with Crippen molar-refractivity contribution in [3.05, 3.63) is 17.0 Å². The minimum absolute atomic E-state index is 0.166. The van der Waals surface area contributed by atoms with Crippen LogP contribution in [-0.4, -0.2) is 29.6 Å². The number of carbonyl (C=O) groups is 2. The summed E-state index contributed by atoms with van der Waals surface area (Å²) in [6, 6.07) is 3.32. The van der Waals surface area contributed by atoms with E-state index in [0.29, 0.717) is 16.3 Å². The van der Waals surface area contributed by atoms with Gasteiger partial charge in [-0.15, -0.1) is 11.3 Å². The van der Waals surface area contributed by atoms with Crippen molar-refractivity contribution in [2.75, 3.05) is 11.9 Å². The quantitative estimate of drug-likeness (QED) is 0.741. The Morgan fingerprint density at radius 2 is 2.18 bits per heavy atom. The van der Waals surface area contributed by atoms with Crippen LogP contribution in [0.4, 0.5) is 5.00 Å². The van der Waals surface area contributed by atoms with E-state index in [1.54, 1.807) is 12.1 Å². The highest BCUT2D eigenvalue weighted by Gasteiger charge is 2.10. The first-order chi connectivity index (χ1) is 8.02. The van der Waals surface area contributed by atoms with Crippen molar-refractivity contribution < 1.29 is 14.7 Å². The standard InChI is InChI=1S/C11H16N2O3S/c1-3-8(15)6-12-11(16)9-4-5-10(17-9)13-7(2)14/h4-5,8,15H,3,6H2,1-2H3,(H,12,16)(H,13,14). The van der Waals surface area contributed by atoms with Crippen molar-refractivity contribution in [3.8, 4) is 0 Å². The molecule has 1 heterocycles. The Bertz CT molecular complexity index is 403. The van der Waals surface area contributed by atoms with Crippen LogP contribution in [0.15, 0.2) is 12.1 Å². The molecule has 0 spiro atoms. The number of hydrogen-bond donors (Lipinski definition) is 3. The Morgan fingerprint density at radius 1 is 1.47 bits per heavy atom. The molecule has 0 aliphatic rings. The summed E-state index contributed by atoms with van der Waals surface area (Å²) in [7, 11) is 0. The first kappa shape index (κ1) is 13.7. The maximum atomic E-state index is 11.6. The molecular weight excluding hydrogens is 240 g/mol. The van der Waals surface area contributed by atoms with E-state index in [-0.39, 0.29) is 18.4 Å². The largest absolute Gasteiger partial charge is 0.391 e. The zero-order chi connectivity index (χ0) is 12.8. The molecule has 0 radical (unpaired) electrons. The van der Waals surface area contributed by atoms with E-state index in [1.807, 2.05) is 6.92 Å². The summed E-state index contributed by atoms with van der Waals surface area (Å²) in [6.07, 6.45) is 0.0794. The van der Waals surface area contributed by atoms with Crippen LogP contribution >= 0.6 is 11.3 Å². The van der Waals surface area contributed by atoms with Crippen molar-refractivity contribution in [2.45, 2.75) is 26.4 Å². The third kappa shape index (κ3) is 4.54. The van der Waals surface area contributed by atoms with Crippen LogP contribution < -0.4 is 10.6 Å². The van der Waals surface area contributed by atoms with Gasteiger partial charge in [0.1, 0.15) is 0 Å². The molecule has 6 heteroatoms. The second-order valence-corrected chi connectivity index (χ2v) is 4.70. The number of anilines is 1. The molecule has 0 aliphatic carbocycles. The van der Waals surface area contributed by atoms with Crippen molar-refractivity contribution in [2.24, 2.45) is 0 Å². The molecule has 2 amide bonds. The summed E-state index contributed by atoms with van der Waals surface area (Å²) in [6.45, 7) is 3.50. The number of amides is 2. The highest BCUT2D eigenvalue weighted by molar-refractivity contribution is 7.18. The van der Waals surface area contributed by atoms with Gasteiger partial charge in [-0.1, -0.05) is 6.92 Å². The highest BCUT2D eigenvalue weighted by Crippen LogP contribution is 2.21. The molecule has 1 atom stereocenters. The second-order valence-electron chi connectivity index (χ2n) is 3.62. The average Bonchev–Trinajstić information content (AvgIpc) is 2.72. The Hall–Kier alpha value is -1.40. The molecule has 0 saturated carbocycles. The van der Waals surface area contributed by atoms with E-state index in [9.17, 15) is 14.7 Å². The predicted molar refractivity (Wildman–Crippen MR) is 67.3 cm³/mol. The van der Waals surface area contributed by atoms with Crippen molar-refractivity contribution in [3.63, 3.8) is 0 Å². The van der Waals surface area contributed by atoms with Gasteiger partial charge in [-0.25, -0.2) is 0 Å². The smallest absolute Gasteiger partial charge is 0.261 e. The van der Waals surface area contributed by atoms with E-state index in [1.165, 1.54) is 18.3 Å². The molecule has 0 bridgehead atoms. The zero-order valence-electron chi connectivity index (χ0n) is 9.82. The SMILES string of the molecule is CCC(O)CNC(=O)c1ccc(NC(C)=O)s1. The number of carbonyl (C=O) groups excluding carboxylic acids is 2. The molecule has 17 heavy (non-hydrogen) atoms. The number of thiophene rings is 1. The summed E-state index contributed by atoms with van der Waals surface area (Å²) in [5.74, 6) is -0.403. The van der Waals surface area contributed by atoms with E-state index in [4.69, 9.17) is 0 Å². The van der Waals surface area contributed by atoms with E-state index in [2.05, 4.69) is 10.6 Å². The maximum absolute atomic E-state index is 11.6. The van der Waals surface area contributed by atoms with Gasteiger partial charge in [0.05, 0.1) is 16.0 Å². The van der Waals surface area contributed by atoms with Gasteiger partial charge in [-0.05, 0) is 18.6 Å². The van der Waals surface area contributed by atoms with Crippen molar-refractivity contribution >= 4 is 28.2 Å². The number of rotatable bonds is 5. The maximum Gasteiger partial charge on any atom is 0.261 e. The Kier molecular flexibility index (Phi) is 5.11. The molecular formula is C11H16N2O3S. The molecule has 3 N–H and O–H groups in total. The number of nitrogens with one attached hydrogen (secondary N) is 2. The third-order valence-corrected chi connectivity index (χ3v) is 3.10. The van der Waals surface area contributed by atoms with Crippen LogP contribution in [0.1, 0.15) is 29.9 Å². The van der Waals surface area contributed by atoms with Crippen LogP contribution in [-0.2, 0) is 4.79 Å². The molecule has 1 aromatic heterocycles. The topological polar surface area (TPSA) is 78.4 Å². The van der Waals surface area contributed by atoms with Crippen molar-refractivity contribution in [1.29, 1.82) is 0 Å². The van der Waals surface area contributed by atoms with Gasteiger partial charge in [0.15, 0.2) is 0 Å². The first-order valence-corrected chi connectivity index (χ1v) is 6.18. The fourth-order valence-electron chi connectivity index (χ4n) is 1.14. The lowest BCUT2D eigenvalue weighted by atomic mass is 10.3. The molecule has 94 valence electrons. The Morgan fingerprint density at radius 3 is 2.76 bits per heavy atom.